The lowest BCUT2D eigenvalue weighted by Gasteiger charge is -2.27. The highest BCUT2D eigenvalue weighted by Gasteiger charge is 2.12. The Balaban J connectivity index is 2.13. The van der Waals surface area contributed by atoms with Crippen molar-refractivity contribution in [2.24, 2.45) is 0 Å². The van der Waals surface area contributed by atoms with Crippen LogP contribution in [0, 0.1) is 0 Å². The maximum absolute atomic E-state index is 5.28. The summed E-state index contributed by atoms with van der Waals surface area (Å²) in [7, 11) is 1.82. The number of morpholine rings is 1. The Morgan fingerprint density at radius 1 is 1.43 bits per heavy atom. The fourth-order valence-corrected chi connectivity index (χ4v) is 1.44. The Morgan fingerprint density at radius 2 is 2.21 bits per heavy atom. The third-order valence-corrected chi connectivity index (χ3v) is 2.20. The lowest BCUT2D eigenvalue weighted by atomic mass is 10.4. The summed E-state index contributed by atoms with van der Waals surface area (Å²) in [5.74, 6) is 1.63. The monoisotopic (exact) mass is 194 g/mol. The second-order valence-electron chi connectivity index (χ2n) is 3.09. The predicted molar refractivity (Wildman–Crippen MR) is 54.6 cm³/mol. The number of nitrogens with zero attached hydrogens (tertiary/aromatic N) is 3. The number of anilines is 2. The van der Waals surface area contributed by atoms with Crippen LogP contribution in [0.15, 0.2) is 12.3 Å². The van der Waals surface area contributed by atoms with E-state index in [1.54, 1.807) is 6.20 Å². The zero-order chi connectivity index (χ0) is 9.80. The number of hydrogen-bond donors (Lipinski definition) is 1. The molecule has 0 unspecified atom stereocenters. The van der Waals surface area contributed by atoms with E-state index in [0.29, 0.717) is 5.95 Å². The summed E-state index contributed by atoms with van der Waals surface area (Å²) in [6, 6.07) is 1.92. The third-order valence-electron chi connectivity index (χ3n) is 2.20. The summed E-state index contributed by atoms with van der Waals surface area (Å²) in [5.41, 5.74) is 0. The molecule has 1 fully saturated rings. The van der Waals surface area contributed by atoms with E-state index < -0.39 is 0 Å². The van der Waals surface area contributed by atoms with Crippen LogP contribution in [0.25, 0.3) is 0 Å². The van der Waals surface area contributed by atoms with Gasteiger partial charge in [-0.1, -0.05) is 0 Å². The molecule has 2 rings (SSSR count). The molecule has 1 N–H and O–H groups in total. The summed E-state index contributed by atoms with van der Waals surface area (Å²) >= 11 is 0. The van der Waals surface area contributed by atoms with E-state index >= 15 is 0 Å². The van der Waals surface area contributed by atoms with Gasteiger partial charge >= 0.3 is 0 Å². The van der Waals surface area contributed by atoms with Crippen molar-refractivity contribution in [2.45, 2.75) is 0 Å². The molecule has 1 aliphatic rings. The average molecular weight is 194 g/mol. The largest absolute Gasteiger partial charge is 0.378 e. The van der Waals surface area contributed by atoms with Gasteiger partial charge < -0.3 is 15.0 Å². The molecule has 0 amide bonds. The Bertz CT molecular complexity index is 299. The number of aromatic nitrogens is 2. The van der Waals surface area contributed by atoms with Gasteiger partial charge in [-0.25, -0.2) is 4.98 Å². The van der Waals surface area contributed by atoms with Gasteiger partial charge in [-0.2, -0.15) is 4.98 Å². The lowest BCUT2D eigenvalue weighted by molar-refractivity contribution is 0.122. The number of hydrogen-bond acceptors (Lipinski definition) is 5. The number of nitrogens with one attached hydrogen (secondary N) is 1. The molecule has 5 heteroatoms. The minimum Gasteiger partial charge on any atom is -0.378 e. The zero-order valence-corrected chi connectivity index (χ0v) is 8.23. The third kappa shape index (κ3) is 1.93. The molecular weight excluding hydrogens is 180 g/mol. The van der Waals surface area contributed by atoms with Gasteiger partial charge in [0.1, 0.15) is 5.82 Å². The Morgan fingerprint density at radius 3 is 2.93 bits per heavy atom. The molecular formula is C9H14N4O. The van der Waals surface area contributed by atoms with E-state index in [9.17, 15) is 0 Å². The summed E-state index contributed by atoms with van der Waals surface area (Å²) in [4.78, 5) is 10.6. The molecule has 1 aromatic rings. The van der Waals surface area contributed by atoms with Crippen LogP contribution >= 0.6 is 0 Å². The van der Waals surface area contributed by atoms with Gasteiger partial charge in [-0.3, -0.25) is 0 Å². The van der Waals surface area contributed by atoms with Gasteiger partial charge in [0.2, 0.25) is 5.95 Å². The first-order valence-electron chi connectivity index (χ1n) is 4.73. The quantitative estimate of drug-likeness (QED) is 0.736. The van der Waals surface area contributed by atoms with Gasteiger partial charge in [-0.15, -0.1) is 0 Å². The van der Waals surface area contributed by atoms with Crippen LogP contribution in [-0.4, -0.2) is 43.3 Å². The van der Waals surface area contributed by atoms with Crippen molar-refractivity contribution in [2.75, 3.05) is 43.6 Å². The molecule has 1 saturated heterocycles. The molecule has 5 nitrogen and oxygen atoms in total. The maximum atomic E-state index is 5.28. The second-order valence-corrected chi connectivity index (χ2v) is 3.09. The van der Waals surface area contributed by atoms with Crippen molar-refractivity contribution in [1.82, 2.24) is 9.97 Å². The molecule has 1 aromatic heterocycles. The molecule has 1 aliphatic heterocycles. The van der Waals surface area contributed by atoms with E-state index in [0.717, 1.165) is 32.1 Å². The van der Waals surface area contributed by atoms with Crippen LogP contribution in [0.3, 0.4) is 0 Å². The van der Waals surface area contributed by atoms with Crippen molar-refractivity contribution in [1.29, 1.82) is 0 Å². The maximum Gasteiger partial charge on any atom is 0.224 e. The second kappa shape index (κ2) is 4.23. The van der Waals surface area contributed by atoms with Crippen LogP contribution in [0.1, 0.15) is 0 Å². The first kappa shape index (κ1) is 9.21. The van der Waals surface area contributed by atoms with E-state index in [4.69, 9.17) is 4.74 Å². The van der Waals surface area contributed by atoms with Crippen LogP contribution < -0.4 is 10.2 Å². The standard InChI is InChI=1S/C9H14N4O/c1-10-9-11-3-2-8(12-9)13-4-6-14-7-5-13/h2-3H,4-7H2,1H3,(H,10,11,12). The van der Waals surface area contributed by atoms with E-state index in [1.807, 2.05) is 13.1 Å². The first-order valence-corrected chi connectivity index (χ1v) is 4.73. The topological polar surface area (TPSA) is 50.3 Å². The smallest absolute Gasteiger partial charge is 0.224 e. The van der Waals surface area contributed by atoms with Crippen molar-refractivity contribution in [3.8, 4) is 0 Å². The highest BCUT2D eigenvalue weighted by Crippen LogP contribution is 2.12. The predicted octanol–water partition coefficient (Wildman–Crippen LogP) is 0.355. The van der Waals surface area contributed by atoms with Gasteiger partial charge in [0.15, 0.2) is 0 Å². The van der Waals surface area contributed by atoms with Crippen molar-refractivity contribution in [3.63, 3.8) is 0 Å². The zero-order valence-electron chi connectivity index (χ0n) is 8.23. The van der Waals surface area contributed by atoms with Crippen LogP contribution in [0.4, 0.5) is 11.8 Å². The minimum atomic E-state index is 0.661. The molecule has 0 bridgehead atoms. The summed E-state index contributed by atoms with van der Waals surface area (Å²) in [5, 5.41) is 2.93. The molecule has 0 spiro atoms. The summed E-state index contributed by atoms with van der Waals surface area (Å²) in [6.07, 6.45) is 1.77. The minimum absolute atomic E-state index is 0.661. The molecule has 14 heavy (non-hydrogen) atoms. The highest BCUT2D eigenvalue weighted by molar-refractivity contribution is 5.42. The first-order chi connectivity index (χ1) is 6.90. The molecule has 0 aromatic carbocycles. The molecule has 2 heterocycles. The normalized spacial score (nSPS) is 16.8. The molecule has 0 radical (unpaired) electrons. The summed E-state index contributed by atoms with van der Waals surface area (Å²) in [6.45, 7) is 3.36. The van der Waals surface area contributed by atoms with Crippen molar-refractivity contribution in [3.05, 3.63) is 12.3 Å². The molecule has 76 valence electrons. The highest BCUT2D eigenvalue weighted by atomic mass is 16.5. The van der Waals surface area contributed by atoms with Crippen LogP contribution in [0.5, 0.6) is 0 Å². The number of ether oxygens (including phenoxy) is 1. The van der Waals surface area contributed by atoms with E-state index in [-0.39, 0.29) is 0 Å². The number of rotatable bonds is 2. The fourth-order valence-electron chi connectivity index (χ4n) is 1.44. The molecule has 0 atom stereocenters. The Hall–Kier alpha value is -1.36. The van der Waals surface area contributed by atoms with Crippen LogP contribution in [0.2, 0.25) is 0 Å². The Labute approximate surface area is 83.1 Å². The van der Waals surface area contributed by atoms with E-state index in [1.165, 1.54) is 0 Å². The molecule has 0 aliphatic carbocycles. The van der Waals surface area contributed by atoms with Gasteiger partial charge in [0.25, 0.3) is 0 Å². The van der Waals surface area contributed by atoms with Gasteiger partial charge in [0, 0.05) is 26.3 Å². The average Bonchev–Trinajstić information content (AvgIpc) is 2.30. The van der Waals surface area contributed by atoms with Gasteiger partial charge in [0.05, 0.1) is 13.2 Å². The van der Waals surface area contributed by atoms with Crippen molar-refractivity contribution < 1.29 is 4.74 Å². The Kier molecular flexibility index (Phi) is 2.78. The summed E-state index contributed by atoms with van der Waals surface area (Å²) < 4.78 is 5.28. The SMILES string of the molecule is CNc1nccc(N2CCOCC2)n1. The lowest BCUT2D eigenvalue weighted by Crippen LogP contribution is -2.36. The molecule has 0 saturated carbocycles. The fraction of sp³-hybridized carbons (Fsp3) is 0.556. The van der Waals surface area contributed by atoms with Crippen molar-refractivity contribution >= 4 is 11.8 Å². The van der Waals surface area contributed by atoms with Crippen LogP contribution in [-0.2, 0) is 4.74 Å². The van der Waals surface area contributed by atoms with E-state index in [2.05, 4.69) is 20.2 Å². The van der Waals surface area contributed by atoms with Gasteiger partial charge in [-0.05, 0) is 6.07 Å².